The number of rotatable bonds is 20. The van der Waals surface area contributed by atoms with Gasteiger partial charge in [0.2, 0.25) is 0 Å². The highest BCUT2D eigenvalue weighted by molar-refractivity contribution is 7.99. The molecule has 0 radical (unpaired) electrons. The molecule has 0 spiro atoms. The number of aliphatic hydroxyl groups is 2. The van der Waals surface area contributed by atoms with Crippen LogP contribution in [0.2, 0.25) is 5.02 Å². The van der Waals surface area contributed by atoms with Crippen molar-refractivity contribution in [2.75, 3.05) is 55.7 Å². The maximum atomic E-state index is 14.2. The van der Waals surface area contributed by atoms with Crippen LogP contribution in [0.15, 0.2) is 136 Å². The number of alkyl halides is 3. The van der Waals surface area contributed by atoms with Crippen LogP contribution < -0.4 is 4.90 Å². The molecule has 5 aromatic rings. The number of sulfone groups is 2. The average molecular weight is 1000 g/mol. The molecule has 0 saturated carbocycles. The first-order valence-electron chi connectivity index (χ1n) is 21.6. The molecule has 0 aromatic heterocycles. The van der Waals surface area contributed by atoms with Gasteiger partial charge in [0, 0.05) is 46.6 Å². The zero-order valence-corrected chi connectivity index (χ0v) is 40.0. The number of aliphatic hydroxyl groups excluding tert-OH is 2. The summed E-state index contributed by atoms with van der Waals surface area (Å²) in [6.07, 6.45) is 1.06. The second-order valence-electron chi connectivity index (χ2n) is 16.1. The molecule has 0 unspecified atom stereocenters. The molecular formula is C49H54ClF3N2O9S3. The van der Waals surface area contributed by atoms with Gasteiger partial charge >= 0.3 is 5.51 Å². The lowest BCUT2D eigenvalue weighted by molar-refractivity contribution is -0.122. The number of hydrogen-bond donors (Lipinski definition) is 3. The van der Waals surface area contributed by atoms with E-state index in [2.05, 4.69) is 4.90 Å². The molecule has 3 N–H and O–H groups in total. The molecule has 1 saturated heterocycles. The number of hydrogen-bond acceptors (Lipinski definition) is 11. The number of carbonyl (C=O) groups excluding carboxylic acids is 1. The van der Waals surface area contributed by atoms with Crippen molar-refractivity contribution in [2.24, 2.45) is 11.8 Å². The van der Waals surface area contributed by atoms with E-state index in [0.29, 0.717) is 68.8 Å². The Morgan fingerprint density at radius 2 is 1.52 bits per heavy atom. The van der Waals surface area contributed by atoms with Crippen LogP contribution in [-0.4, -0.2) is 106 Å². The van der Waals surface area contributed by atoms with Crippen molar-refractivity contribution in [2.45, 2.75) is 58.9 Å². The van der Waals surface area contributed by atoms with Crippen LogP contribution in [0.4, 0.5) is 18.9 Å². The van der Waals surface area contributed by atoms with Crippen molar-refractivity contribution in [3.8, 4) is 11.1 Å². The van der Waals surface area contributed by atoms with E-state index in [0.717, 1.165) is 39.4 Å². The predicted octanol–water partition coefficient (Wildman–Crippen LogP) is 9.26. The van der Waals surface area contributed by atoms with E-state index in [-0.39, 0.29) is 42.5 Å². The van der Waals surface area contributed by atoms with Gasteiger partial charge in [-0.1, -0.05) is 79.2 Å². The molecule has 6 rings (SSSR count). The SMILES string of the molecule is CCN(CCO)CC[C@H](CSc1ccccc1)Cc1ccc(S(=O)(=O)CC(=O)c2ccc(N3CCC([C@@H](O)c4ccccc4-c4ccc(Cl)cc4)CC3)cc2)cc1S(=O)(=O)C(F)(F)F.O=CO. The normalized spacial score (nSPS) is 14.5. The number of thioether (sulfide) groups is 1. The molecule has 18 heteroatoms. The quantitative estimate of drug-likeness (QED) is 0.0385. The first-order chi connectivity index (χ1) is 31.9. The molecule has 360 valence electrons. The minimum absolute atomic E-state index is 0.00864. The van der Waals surface area contributed by atoms with Crippen molar-refractivity contribution in [1.82, 2.24) is 4.90 Å². The lowest BCUT2D eigenvalue weighted by atomic mass is 9.84. The van der Waals surface area contributed by atoms with E-state index in [1.54, 1.807) is 12.1 Å². The Bertz CT molecular complexity index is 2610. The summed E-state index contributed by atoms with van der Waals surface area (Å²) >= 11 is 7.57. The smallest absolute Gasteiger partial charge is 0.483 e. The predicted molar refractivity (Wildman–Crippen MR) is 256 cm³/mol. The molecule has 1 fully saturated rings. The lowest BCUT2D eigenvalue weighted by Crippen LogP contribution is -2.35. The van der Waals surface area contributed by atoms with E-state index >= 15 is 0 Å². The summed E-state index contributed by atoms with van der Waals surface area (Å²) in [6, 6.07) is 33.7. The molecule has 5 aromatic carbocycles. The summed E-state index contributed by atoms with van der Waals surface area (Å²) in [5, 5.41) is 28.5. The molecule has 2 atom stereocenters. The van der Waals surface area contributed by atoms with Gasteiger partial charge in [-0.2, -0.15) is 13.2 Å². The van der Waals surface area contributed by atoms with Crippen LogP contribution in [0.1, 0.15) is 53.8 Å². The highest BCUT2D eigenvalue weighted by atomic mass is 35.5. The molecule has 1 heterocycles. The average Bonchev–Trinajstić information content (AvgIpc) is 3.32. The number of piperidine rings is 1. The first-order valence-corrected chi connectivity index (χ1v) is 26.1. The summed E-state index contributed by atoms with van der Waals surface area (Å²) in [4.78, 5) is 24.9. The fraction of sp³-hybridized carbons (Fsp3) is 0.347. The number of ketones is 1. The minimum Gasteiger partial charge on any atom is -0.483 e. The maximum absolute atomic E-state index is 14.2. The Labute approximate surface area is 399 Å². The third kappa shape index (κ3) is 14.4. The summed E-state index contributed by atoms with van der Waals surface area (Å²) in [5.41, 5.74) is -2.31. The van der Waals surface area contributed by atoms with Crippen molar-refractivity contribution in [1.29, 1.82) is 0 Å². The van der Waals surface area contributed by atoms with Gasteiger partial charge in [0.05, 0.1) is 22.5 Å². The van der Waals surface area contributed by atoms with Crippen molar-refractivity contribution < 1.29 is 54.9 Å². The highest BCUT2D eigenvalue weighted by Crippen LogP contribution is 2.39. The molecule has 1 aliphatic heterocycles. The van der Waals surface area contributed by atoms with Crippen LogP contribution in [0.5, 0.6) is 0 Å². The zero-order chi connectivity index (χ0) is 48.8. The fourth-order valence-electron chi connectivity index (χ4n) is 8.06. The van der Waals surface area contributed by atoms with E-state index in [1.807, 2.05) is 90.7 Å². The van der Waals surface area contributed by atoms with Crippen LogP contribution in [-0.2, 0) is 30.9 Å². The largest absolute Gasteiger partial charge is 0.501 e. The Morgan fingerprint density at radius 3 is 2.13 bits per heavy atom. The van der Waals surface area contributed by atoms with Crippen LogP contribution >= 0.6 is 23.4 Å². The van der Waals surface area contributed by atoms with Gasteiger partial charge in [-0.3, -0.25) is 9.59 Å². The topological polar surface area (TPSA) is 170 Å². The molecule has 0 bridgehead atoms. The molecule has 11 nitrogen and oxygen atoms in total. The number of carboxylic acid groups (broad SMARTS) is 1. The lowest BCUT2D eigenvalue weighted by Gasteiger charge is -2.36. The van der Waals surface area contributed by atoms with Crippen LogP contribution in [0, 0.1) is 11.8 Å². The Kier molecular flexibility index (Phi) is 19.5. The van der Waals surface area contributed by atoms with E-state index in [9.17, 15) is 45.0 Å². The molecule has 1 aliphatic rings. The van der Waals surface area contributed by atoms with E-state index in [4.69, 9.17) is 21.5 Å². The minimum atomic E-state index is -6.00. The first kappa shape index (κ1) is 53.2. The molecule has 67 heavy (non-hydrogen) atoms. The third-order valence-electron chi connectivity index (χ3n) is 11.7. The zero-order valence-electron chi connectivity index (χ0n) is 36.8. The van der Waals surface area contributed by atoms with Gasteiger partial charge in [-0.15, -0.1) is 11.8 Å². The monoisotopic (exact) mass is 1000 g/mol. The summed E-state index contributed by atoms with van der Waals surface area (Å²) in [6.45, 7) is 4.35. The second kappa shape index (κ2) is 24.5. The van der Waals surface area contributed by atoms with Crippen molar-refractivity contribution in [3.63, 3.8) is 0 Å². The van der Waals surface area contributed by atoms with Gasteiger partial charge in [-0.25, -0.2) is 16.8 Å². The Hall–Kier alpha value is -4.75. The third-order valence-corrected chi connectivity index (χ3v) is 16.4. The molecule has 0 aliphatic carbocycles. The van der Waals surface area contributed by atoms with Gasteiger partial charge in [0.25, 0.3) is 16.3 Å². The van der Waals surface area contributed by atoms with Gasteiger partial charge in [-0.05, 0) is 134 Å². The fourth-order valence-corrected chi connectivity index (χ4v) is 11.6. The standard InChI is InChI=1S/C48H52ClF3N2O7S3.CH2O2/c1-2-53(28-29-55)25-22-34(32-62-41-8-4-3-5-9-41)30-38-16-21-42(31-46(38)64(60,61)48(50,51)52)63(58,59)33-45(56)36-14-19-40(20-15-36)54-26-23-37(24-27-54)47(57)44-11-7-6-10-43(44)35-12-17-39(49)18-13-35;2-1-3/h3-21,31,34,37,47,55,57H,2,22-30,32-33H2,1H3;1H,(H,2,3)/t34-,47+;/m0./s1. The Morgan fingerprint density at radius 1 is 0.896 bits per heavy atom. The van der Waals surface area contributed by atoms with Gasteiger partial charge in [0.1, 0.15) is 5.75 Å². The van der Waals surface area contributed by atoms with Crippen molar-refractivity contribution >= 4 is 61.0 Å². The van der Waals surface area contributed by atoms with Crippen LogP contribution in [0.25, 0.3) is 11.1 Å². The maximum Gasteiger partial charge on any atom is 0.501 e. The number of benzene rings is 5. The highest BCUT2D eigenvalue weighted by Gasteiger charge is 2.48. The number of halogens is 4. The number of nitrogens with zero attached hydrogens (tertiary/aromatic N) is 2. The number of Topliss-reactive ketones (excluding diaryl/α,β-unsaturated/α-hetero) is 1. The summed E-state index contributed by atoms with van der Waals surface area (Å²) in [7, 11) is -10.6. The van der Waals surface area contributed by atoms with Gasteiger partial charge < -0.3 is 25.1 Å². The van der Waals surface area contributed by atoms with Crippen molar-refractivity contribution in [3.05, 3.63) is 143 Å². The Balaban J connectivity index is 0.00000273. The molecular weight excluding hydrogens is 949 g/mol. The number of likely N-dealkylation sites (N-methyl/N-ethyl adjacent to an activating group) is 1. The van der Waals surface area contributed by atoms with E-state index in [1.165, 1.54) is 23.9 Å². The second-order valence-corrected chi connectivity index (χ2v) is 21.5. The van der Waals surface area contributed by atoms with Crippen LogP contribution in [0.3, 0.4) is 0 Å². The summed E-state index contributed by atoms with van der Waals surface area (Å²) in [5.74, 6) is -1.80. The number of carbonyl (C=O) groups is 2. The summed E-state index contributed by atoms with van der Waals surface area (Å²) < 4.78 is 96.0. The van der Waals surface area contributed by atoms with Gasteiger partial charge in [0.15, 0.2) is 15.6 Å². The van der Waals surface area contributed by atoms with E-state index < -0.39 is 52.6 Å². The molecule has 0 amide bonds. The number of anilines is 1.